The zero-order valence-corrected chi connectivity index (χ0v) is 13.5. The highest BCUT2D eigenvalue weighted by molar-refractivity contribution is 9.10. The summed E-state index contributed by atoms with van der Waals surface area (Å²) in [7, 11) is 0. The molecule has 0 aromatic heterocycles. The zero-order valence-electron chi connectivity index (χ0n) is 11.9. The summed E-state index contributed by atoms with van der Waals surface area (Å²) in [6, 6.07) is 5.08. The molecular weight excluding hydrogens is 286 g/mol. The van der Waals surface area contributed by atoms with Crippen LogP contribution >= 0.6 is 15.9 Å². The molecule has 1 aliphatic carbocycles. The topological polar surface area (TPSA) is 12.0 Å². The van der Waals surface area contributed by atoms with E-state index in [1.54, 1.807) is 0 Å². The van der Waals surface area contributed by atoms with Crippen molar-refractivity contribution in [3.8, 4) is 0 Å². The molecule has 0 spiro atoms. The van der Waals surface area contributed by atoms with Gasteiger partial charge in [-0.1, -0.05) is 19.9 Å². The number of hydrogen-bond acceptors (Lipinski definition) is 1. The van der Waals surface area contributed by atoms with E-state index in [2.05, 4.69) is 61.1 Å². The minimum Gasteiger partial charge on any atom is -0.381 e. The van der Waals surface area contributed by atoms with Crippen LogP contribution in [-0.2, 0) is 0 Å². The Morgan fingerprint density at radius 1 is 1.11 bits per heavy atom. The Balaban J connectivity index is 2.10. The number of nitrogens with one attached hydrogen (secondary N) is 1. The van der Waals surface area contributed by atoms with Crippen molar-refractivity contribution >= 4 is 21.6 Å². The zero-order chi connectivity index (χ0) is 13.3. The normalized spacial score (nSPS) is 28.2. The van der Waals surface area contributed by atoms with Crippen molar-refractivity contribution in [3.05, 3.63) is 27.7 Å². The molecule has 0 aliphatic heterocycles. The van der Waals surface area contributed by atoms with Gasteiger partial charge in [-0.3, -0.25) is 0 Å². The fraction of sp³-hybridized carbons (Fsp3) is 0.625. The Morgan fingerprint density at radius 2 is 1.83 bits per heavy atom. The van der Waals surface area contributed by atoms with E-state index in [1.807, 2.05) is 0 Å². The van der Waals surface area contributed by atoms with Gasteiger partial charge in [-0.15, -0.1) is 0 Å². The minimum absolute atomic E-state index is 0.633. The average molecular weight is 310 g/mol. The van der Waals surface area contributed by atoms with Crippen molar-refractivity contribution < 1.29 is 0 Å². The van der Waals surface area contributed by atoms with Gasteiger partial charge < -0.3 is 5.32 Å². The highest BCUT2D eigenvalue weighted by atomic mass is 79.9. The van der Waals surface area contributed by atoms with Crippen LogP contribution in [0.25, 0.3) is 0 Å². The van der Waals surface area contributed by atoms with Gasteiger partial charge >= 0.3 is 0 Å². The number of rotatable bonds is 2. The first-order valence-electron chi connectivity index (χ1n) is 7.00. The van der Waals surface area contributed by atoms with Crippen LogP contribution in [0.1, 0.15) is 44.2 Å². The molecule has 1 aliphatic rings. The summed E-state index contributed by atoms with van der Waals surface area (Å²) in [5.41, 5.74) is 3.94. The summed E-state index contributed by atoms with van der Waals surface area (Å²) >= 11 is 3.69. The predicted octanol–water partition coefficient (Wildman–Crippen LogP) is 5.30. The summed E-state index contributed by atoms with van der Waals surface area (Å²) in [5.74, 6) is 1.71. The van der Waals surface area contributed by atoms with Crippen LogP contribution in [0, 0.1) is 25.7 Å². The Hall–Kier alpha value is -0.500. The summed E-state index contributed by atoms with van der Waals surface area (Å²) in [6.45, 7) is 9.10. The third-order valence-corrected chi connectivity index (χ3v) is 5.00. The van der Waals surface area contributed by atoms with E-state index < -0.39 is 0 Å². The quantitative estimate of drug-likeness (QED) is 0.781. The van der Waals surface area contributed by atoms with Crippen LogP contribution in [0.3, 0.4) is 0 Å². The molecule has 1 nitrogen and oxygen atoms in total. The SMILES string of the molecule is Cc1cc(C)c(NC2CCC(C)C(C)C2)c(Br)c1. The molecule has 0 amide bonds. The van der Waals surface area contributed by atoms with Gasteiger partial charge in [0.25, 0.3) is 0 Å². The van der Waals surface area contributed by atoms with Gasteiger partial charge in [0.05, 0.1) is 5.69 Å². The number of aryl methyl sites for hydroxylation is 2. The Morgan fingerprint density at radius 3 is 2.44 bits per heavy atom. The molecule has 2 rings (SSSR count). The number of hydrogen-bond donors (Lipinski definition) is 1. The van der Waals surface area contributed by atoms with Crippen LogP contribution in [0.15, 0.2) is 16.6 Å². The summed E-state index contributed by atoms with van der Waals surface area (Å²) in [5, 5.41) is 3.75. The molecule has 0 bridgehead atoms. The maximum atomic E-state index is 3.75. The van der Waals surface area contributed by atoms with Gasteiger partial charge in [0.1, 0.15) is 0 Å². The average Bonchev–Trinajstić information content (AvgIpc) is 2.28. The van der Waals surface area contributed by atoms with Crippen LogP contribution < -0.4 is 5.32 Å². The van der Waals surface area contributed by atoms with Crippen molar-refractivity contribution in [2.24, 2.45) is 11.8 Å². The number of halogens is 1. The second kappa shape index (κ2) is 5.64. The van der Waals surface area contributed by atoms with Crippen LogP contribution in [0.2, 0.25) is 0 Å². The van der Waals surface area contributed by atoms with Crippen molar-refractivity contribution in [2.75, 3.05) is 5.32 Å². The lowest BCUT2D eigenvalue weighted by Crippen LogP contribution is -2.30. The predicted molar refractivity (Wildman–Crippen MR) is 83.2 cm³/mol. The monoisotopic (exact) mass is 309 g/mol. The third-order valence-electron chi connectivity index (χ3n) is 4.38. The summed E-state index contributed by atoms with van der Waals surface area (Å²) in [4.78, 5) is 0. The van der Waals surface area contributed by atoms with Crippen molar-refractivity contribution in [3.63, 3.8) is 0 Å². The van der Waals surface area contributed by atoms with Gasteiger partial charge in [0, 0.05) is 10.5 Å². The molecule has 1 aromatic carbocycles. The van der Waals surface area contributed by atoms with Gasteiger partial charge in [-0.05, 0) is 78.1 Å². The molecule has 1 aromatic rings. The van der Waals surface area contributed by atoms with Gasteiger partial charge in [-0.25, -0.2) is 0 Å². The first-order chi connectivity index (χ1) is 8.47. The van der Waals surface area contributed by atoms with Crippen LogP contribution in [0.4, 0.5) is 5.69 Å². The molecule has 1 fully saturated rings. The van der Waals surface area contributed by atoms with E-state index in [0.29, 0.717) is 6.04 Å². The molecule has 0 saturated heterocycles. The standard InChI is InChI=1S/C16H24BrN/c1-10-7-13(4)16(15(17)8-10)18-14-6-5-11(2)12(3)9-14/h7-8,11-12,14,18H,5-6,9H2,1-4H3. The van der Waals surface area contributed by atoms with Gasteiger partial charge in [-0.2, -0.15) is 0 Å². The largest absolute Gasteiger partial charge is 0.381 e. The van der Waals surface area contributed by atoms with E-state index in [0.717, 1.165) is 11.8 Å². The highest BCUT2D eigenvalue weighted by Crippen LogP contribution is 2.34. The lowest BCUT2D eigenvalue weighted by Gasteiger charge is -2.33. The van der Waals surface area contributed by atoms with E-state index in [1.165, 1.54) is 40.5 Å². The number of anilines is 1. The lowest BCUT2D eigenvalue weighted by atomic mass is 9.79. The first-order valence-corrected chi connectivity index (χ1v) is 7.80. The van der Waals surface area contributed by atoms with Crippen molar-refractivity contribution in [1.82, 2.24) is 0 Å². The summed E-state index contributed by atoms with van der Waals surface area (Å²) < 4.78 is 1.20. The lowest BCUT2D eigenvalue weighted by molar-refractivity contribution is 0.261. The molecule has 3 unspecified atom stereocenters. The second-order valence-corrected chi connectivity index (χ2v) is 6.90. The molecule has 3 atom stereocenters. The van der Waals surface area contributed by atoms with Gasteiger partial charge in [0.2, 0.25) is 0 Å². The maximum Gasteiger partial charge on any atom is 0.0516 e. The fourth-order valence-corrected chi connectivity index (χ4v) is 3.77. The Bertz CT molecular complexity index is 404. The minimum atomic E-state index is 0.633. The van der Waals surface area contributed by atoms with E-state index in [9.17, 15) is 0 Å². The van der Waals surface area contributed by atoms with E-state index >= 15 is 0 Å². The van der Waals surface area contributed by atoms with Crippen LogP contribution in [0.5, 0.6) is 0 Å². The molecule has 100 valence electrons. The van der Waals surface area contributed by atoms with Crippen molar-refractivity contribution in [2.45, 2.75) is 53.0 Å². The molecular formula is C16H24BrN. The van der Waals surface area contributed by atoms with E-state index in [4.69, 9.17) is 0 Å². The van der Waals surface area contributed by atoms with Gasteiger partial charge in [0.15, 0.2) is 0 Å². The highest BCUT2D eigenvalue weighted by Gasteiger charge is 2.25. The molecule has 2 heteroatoms. The van der Waals surface area contributed by atoms with E-state index in [-0.39, 0.29) is 0 Å². The smallest absolute Gasteiger partial charge is 0.0516 e. The maximum absolute atomic E-state index is 3.75. The molecule has 0 radical (unpaired) electrons. The van der Waals surface area contributed by atoms with Crippen LogP contribution in [-0.4, -0.2) is 6.04 Å². The molecule has 18 heavy (non-hydrogen) atoms. The fourth-order valence-electron chi connectivity index (χ4n) is 2.98. The Labute approximate surface area is 119 Å². The third kappa shape index (κ3) is 3.09. The summed E-state index contributed by atoms with van der Waals surface area (Å²) in [6.07, 6.45) is 3.94. The first kappa shape index (κ1) is 13.9. The molecule has 1 N–H and O–H groups in total. The molecule has 0 heterocycles. The molecule has 1 saturated carbocycles. The number of benzene rings is 1. The van der Waals surface area contributed by atoms with Crippen molar-refractivity contribution in [1.29, 1.82) is 0 Å². The second-order valence-electron chi connectivity index (χ2n) is 6.05. The Kier molecular flexibility index (Phi) is 4.37.